The molecule has 0 spiro atoms. The van der Waals surface area contributed by atoms with Crippen LogP contribution >= 0.6 is 34.8 Å². The van der Waals surface area contributed by atoms with Gasteiger partial charge in [0.15, 0.2) is 0 Å². The number of fused-ring (bicyclic) bond motifs is 1. The molecular weight excluding hydrogens is 381 g/mol. The molecule has 0 N–H and O–H groups in total. The smallest absolute Gasteiger partial charge is 0.255 e. The Labute approximate surface area is 160 Å². The van der Waals surface area contributed by atoms with Gasteiger partial charge >= 0.3 is 0 Å². The number of hydrogen-bond acceptors (Lipinski definition) is 4. The van der Waals surface area contributed by atoms with Crippen LogP contribution in [0.2, 0.25) is 15.2 Å². The van der Waals surface area contributed by atoms with Crippen molar-refractivity contribution in [1.82, 2.24) is 19.6 Å². The van der Waals surface area contributed by atoms with Gasteiger partial charge < -0.3 is 4.90 Å². The van der Waals surface area contributed by atoms with Gasteiger partial charge in [0.2, 0.25) is 0 Å². The molecule has 0 radical (unpaired) electrons. The zero-order valence-corrected chi connectivity index (χ0v) is 15.9. The molecule has 25 heavy (non-hydrogen) atoms. The lowest BCUT2D eigenvalue weighted by Gasteiger charge is -2.36. The first kappa shape index (κ1) is 16.9. The average Bonchev–Trinajstić information content (AvgIpc) is 3.03. The van der Waals surface area contributed by atoms with Crippen LogP contribution in [0.4, 0.5) is 5.82 Å². The Morgan fingerprint density at radius 1 is 1.08 bits per heavy atom. The van der Waals surface area contributed by atoms with Gasteiger partial charge in [-0.05, 0) is 38.3 Å². The van der Waals surface area contributed by atoms with E-state index in [4.69, 9.17) is 34.8 Å². The maximum atomic E-state index is 6.57. The van der Waals surface area contributed by atoms with E-state index in [0.717, 1.165) is 25.2 Å². The molecule has 1 saturated heterocycles. The van der Waals surface area contributed by atoms with Crippen molar-refractivity contribution in [2.45, 2.75) is 32.2 Å². The molecule has 2 aromatic heterocycles. The maximum absolute atomic E-state index is 6.57. The predicted octanol–water partition coefficient (Wildman–Crippen LogP) is 5.13. The number of aromatic nitrogens is 4. The predicted molar refractivity (Wildman–Crippen MR) is 102 cm³/mol. The molecule has 0 saturated carbocycles. The SMILES string of the molecule is CC1CCCCN1c1c(-c2c(Cl)cccc2Cl)c(Cl)nc2ncnn12. The molecule has 0 aliphatic carbocycles. The highest BCUT2D eigenvalue weighted by Gasteiger charge is 2.29. The topological polar surface area (TPSA) is 46.3 Å². The molecule has 1 unspecified atom stereocenters. The van der Waals surface area contributed by atoms with E-state index in [9.17, 15) is 0 Å². The molecule has 0 bridgehead atoms. The van der Waals surface area contributed by atoms with E-state index < -0.39 is 0 Å². The summed E-state index contributed by atoms with van der Waals surface area (Å²) in [5, 5.41) is 5.75. The Bertz CT molecular complexity index is 919. The summed E-state index contributed by atoms with van der Waals surface area (Å²) in [4.78, 5) is 10.9. The Hall–Kier alpha value is -1.56. The zero-order valence-electron chi connectivity index (χ0n) is 13.6. The van der Waals surface area contributed by atoms with Crippen LogP contribution in [0.3, 0.4) is 0 Å². The highest BCUT2D eigenvalue weighted by molar-refractivity contribution is 6.41. The van der Waals surface area contributed by atoms with E-state index in [0.29, 0.717) is 38.1 Å². The number of benzene rings is 1. The average molecular weight is 397 g/mol. The fraction of sp³-hybridized carbons (Fsp3) is 0.353. The van der Waals surface area contributed by atoms with Crippen molar-refractivity contribution in [2.75, 3.05) is 11.4 Å². The first-order valence-electron chi connectivity index (χ1n) is 8.18. The number of hydrogen-bond donors (Lipinski definition) is 0. The molecular formula is C17H16Cl3N5. The van der Waals surface area contributed by atoms with Crippen LogP contribution in [-0.4, -0.2) is 32.2 Å². The number of rotatable bonds is 2. The van der Waals surface area contributed by atoms with Gasteiger partial charge in [0, 0.05) is 18.2 Å². The Morgan fingerprint density at radius 3 is 2.56 bits per heavy atom. The van der Waals surface area contributed by atoms with Crippen LogP contribution in [0.25, 0.3) is 16.9 Å². The number of nitrogens with zero attached hydrogens (tertiary/aromatic N) is 5. The molecule has 1 atom stereocenters. The zero-order chi connectivity index (χ0) is 17.6. The minimum absolute atomic E-state index is 0.322. The first-order valence-corrected chi connectivity index (χ1v) is 9.31. The Balaban J connectivity index is 2.07. The Kier molecular flexibility index (Phi) is 4.48. The summed E-state index contributed by atoms with van der Waals surface area (Å²) in [5.41, 5.74) is 1.37. The molecule has 4 rings (SSSR count). The normalized spacial score (nSPS) is 18.1. The van der Waals surface area contributed by atoms with Gasteiger partial charge in [-0.1, -0.05) is 40.9 Å². The minimum Gasteiger partial charge on any atom is -0.353 e. The van der Waals surface area contributed by atoms with Crippen molar-refractivity contribution < 1.29 is 0 Å². The van der Waals surface area contributed by atoms with E-state index in [2.05, 4.69) is 26.9 Å². The molecule has 1 aliphatic heterocycles. The van der Waals surface area contributed by atoms with E-state index in [1.165, 1.54) is 12.7 Å². The molecule has 8 heteroatoms. The van der Waals surface area contributed by atoms with Crippen LogP contribution in [-0.2, 0) is 0 Å². The molecule has 5 nitrogen and oxygen atoms in total. The van der Waals surface area contributed by atoms with E-state index in [-0.39, 0.29) is 0 Å². The monoisotopic (exact) mass is 395 g/mol. The molecule has 3 aromatic rings. The van der Waals surface area contributed by atoms with Crippen molar-refractivity contribution in [3.05, 3.63) is 39.7 Å². The van der Waals surface area contributed by atoms with Gasteiger partial charge in [0.05, 0.1) is 15.6 Å². The third-order valence-electron chi connectivity index (χ3n) is 4.65. The van der Waals surface area contributed by atoms with Gasteiger partial charge in [0.1, 0.15) is 17.3 Å². The molecule has 1 fully saturated rings. The van der Waals surface area contributed by atoms with E-state index >= 15 is 0 Å². The lowest BCUT2D eigenvalue weighted by Crippen LogP contribution is -2.39. The summed E-state index contributed by atoms with van der Waals surface area (Å²) >= 11 is 19.5. The fourth-order valence-electron chi connectivity index (χ4n) is 3.43. The lowest BCUT2D eigenvalue weighted by atomic mass is 10.0. The highest BCUT2D eigenvalue weighted by atomic mass is 35.5. The summed E-state index contributed by atoms with van der Waals surface area (Å²) in [5.74, 6) is 1.30. The minimum atomic E-state index is 0.322. The van der Waals surface area contributed by atoms with Gasteiger partial charge in [-0.25, -0.2) is 0 Å². The van der Waals surface area contributed by atoms with E-state index in [1.807, 2.05) is 6.07 Å². The third kappa shape index (κ3) is 2.84. The van der Waals surface area contributed by atoms with Crippen molar-refractivity contribution in [3.8, 4) is 11.1 Å². The maximum Gasteiger partial charge on any atom is 0.255 e. The van der Waals surface area contributed by atoms with Gasteiger partial charge in [0.25, 0.3) is 5.78 Å². The van der Waals surface area contributed by atoms with Crippen LogP contribution in [0, 0.1) is 0 Å². The second kappa shape index (κ2) is 6.63. The summed E-state index contributed by atoms with van der Waals surface area (Å²) in [6, 6.07) is 5.76. The first-order chi connectivity index (χ1) is 12.1. The second-order valence-electron chi connectivity index (χ2n) is 6.21. The van der Waals surface area contributed by atoms with E-state index in [1.54, 1.807) is 16.6 Å². The second-order valence-corrected chi connectivity index (χ2v) is 7.38. The van der Waals surface area contributed by atoms with Crippen molar-refractivity contribution in [1.29, 1.82) is 0 Å². The number of anilines is 1. The van der Waals surface area contributed by atoms with Gasteiger partial charge in [-0.15, -0.1) is 0 Å². The highest BCUT2D eigenvalue weighted by Crippen LogP contribution is 2.44. The molecule has 130 valence electrons. The largest absolute Gasteiger partial charge is 0.353 e. The van der Waals surface area contributed by atoms with Crippen LogP contribution in [0.5, 0.6) is 0 Å². The molecule has 1 aromatic carbocycles. The van der Waals surface area contributed by atoms with Crippen LogP contribution in [0.1, 0.15) is 26.2 Å². The third-order valence-corrected chi connectivity index (χ3v) is 5.55. The summed E-state index contributed by atoms with van der Waals surface area (Å²) in [6.07, 6.45) is 4.90. The van der Waals surface area contributed by atoms with Crippen molar-refractivity contribution in [2.24, 2.45) is 0 Å². The van der Waals surface area contributed by atoms with Crippen molar-refractivity contribution >= 4 is 46.4 Å². The number of halogens is 3. The summed E-state index contributed by atoms with van der Waals surface area (Å²) < 4.78 is 1.72. The standard InChI is InChI=1S/C17H16Cl3N5/c1-10-5-2-3-8-24(10)16-14(13-11(18)6-4-7-12(13)19)15(20)23-17-21-9-22-25(16)17/h4,6-7,9-10H,2-3,5,8H2,1H3. The van der Waals surface area contributed by atoms with Gasteiger partial charge in [-0.3, -0.25) is 0 Å². The molecule has 0 amide bonds. The molecule has 1 aliphatic rings. The summed E-state index contributed by atoms with van der Waals surface area (Å²) in [6.45, 7) is 3.11. The fourth-order valence-corrected chi connectivity index (χ4v) is 4.27. The quantitative estimate of drug-likeness (QED) is 0.563. The van der Waals surface area contributed by atoms with Crippen molar-refractivity contribution in [3.63, 3.8) is 0 Å². The van der Waals surface area contributed by atoms with Gasteiger partial charge in [-0.2, -0.15) is 19.6 Å². The summed E-state index contributed by atoms with van der Waals surface area (Å²) in [7, 11) is 0. The van der Waals surface area contributed by atoms with Crippen LogP contribution in [0.15, 0.2) is 24.5 Å². The molecule has 3 heterocycles. The lowest BCUT2D eigenvalue weighted by molar-refractivity contribution is 0.478. The number of piperidine rings is 1. The Morgan fingerprint density at radius 2 is 1.84 bits per heavy atom. The van der Waals surface area contributed by atoms with Crippen LogP contribution < -0.4 is 4.90 Å².